The van der Waals surface area contributed by atoms with Crippen molar-refractivity contribution in [2.45, 2.75) is 0 Å². The highest BCUT2D eigenvalue weighted by atomic mass is 16.9. The molecular weight excluding hydrogens is 390 g/mol. The Kier molecular flexibility index (Phi) is 6.61. The Morgan fingerprint density at radius 3 is 2.17 bits per heavy atom. The highest BCUT2D eigenvalue weighted by molar-refractivity contribution is 5.98. The van der Waals surface area contributed by atoms with E-state index in [0.717, 1.165) is 11.8 Å². The van der Waals surface area contributed by atoms with Gasteiger partial charge in [-0.05, 0) is 36.4 Å². The standard InChI is InChI=1S/C22H23NO7/c1-25-19-12-15(13-24)20(22(27-3)21(19)26-2)16-11-14(18-7-6-10-30-18)8-9-17(16)23(28-4)29-5/h6-13H,1-5H3. The summed E-state index contributed by atoms with van der Waals surface area (Å²) in [5.41, 5.74) is 2.78. The third-order valence-corrected chi connectivity index (χ3v) is 4.59. The van der Waals surface area contributed by atoms with Crippen molar-refractivity contribution in [2.24, 2.45) is 0 Å². The monoisotopic (exact) mass is 413 g/mol. The van der Waals surface area contributed by atoms with E-state index in [-0.39, 0.29) is 0 Å². The number of rotatable bonds is 9. The van der Waals surface area contributed by atoms with E-state index in [1.165, 1.54) is 40.8 Å². The van der Waals surface area contributed by atoms with Crippen LogP contribution in [0.25, 0.3) is 22.5 Å². The van der Waals surface area contributed by atoms with Crippen LogP contribution in [0, 0.1) is 0 Å². The van der Waals surface area contributed by atoms with Crippen LogP contribution in [-0.2, 0) is 9.68 Å². The molecule has 1 heterocycles. The van der Waals surface area contributed by atoms with E-state index in [9.17, 15) is 4.79 Å². The molecule has 0 spiro atoms. The lowest BCUT2D eigenvalue weighted by Gasteiger charge is -2.24. The van der Waals surface area contributed by atoms with Crippen LogP contribution in [0.3, 0.4) is 0 Å². The third-order valence-electron chi connectivity index (χ3n) is 4.59. The normalized spacial score (nSPS) is 10.6. The predicted molar refractivity (Wildman–Crippen MR) is 111 cm³/mol. The number of carbonyl (C=O) groups excluding carboxylic acids is 1. The summed E-state index contributed by atoms with van der Waals surface area (Å²) in [5, 5.41) is 1.23. The molecular formula is C22H23NO7. The molecule has 0 aliphatic rings. The predicted octanol–water partition coefficient (Wildman–Crippen LogP) is 4.38. The first-order chi connectivity index (χ1) is 14.6. The summed E-state index contributed by atoms with van der Waals surface area (Å²) in [6.07, 6.45) is 2.32. The molecule has 8 heteroatoms. The molecule has 0 aliphatic carbocycles. The molecule has 0 saturated carbocycles. The lowest BCUT2D eigenvalue weighted by atomic mass is 9.94. The Morgan fingerprint density at radius 1 is 0.900 bits per heavy atom. The smallest absolute Gasteiger partial charge is 0.203 e. The average Bonchev–Trinajstić information content (AvgIpc) is 3.33. The first-order valence-corrected chi connectivity index (χ1v) is 8.98. The molecule has 3 rings (SSSR count). The van der Waals surface area contributed by atoms with Crippen molar-refractivity contribution in [2.75, 3.05) is 40.8 Å². The van der Waals surface area contributed by atoms with Gasteiger partial charge in [-0.2, -0.15) is 0 Å². The van der Waals surface area contributed by atoms with E-state index in [4.69, 9.17) is 28.3 Å². The second-order valence-electron chi connectivity index (χ2n) is 6.06. The van der Waals surface area contributed by atoms with Gasteiger partial charge in [0.15, 0.2) is 17.8 Å². The number of anilines is 1. The van der Waals surface area contributed by atoms with Crippen molar-refractivity contribution in [1.29, 1.82) is 0 Å². The second-order valence-corrected chi connectivity index (χ2v) is 6.06. The van der Waals surface area contributed by atoms with E-state index in [1.807, 2.05) is 18.2 Å². The Labute approximate surface area is 174 Å². The Hall–Kier alpha value is -3.49. The first-order valence-electron chi connectivity index (χ1n) is 8.98. The largest absolute Gasteiger partial charge is 0.493 e. The van der Waals surface area contributed by atoms with E-state index in [0.29, 0.717) is 45.4 Å². The van der Waals surface area contributed by atoms with Crippen LogP contribution in [0.1, 0.15) is 10.4 Å². The van der Waals surface area contributed by atoms with Crippen LogP contribution in [0.2, 0.25) is 0 Å². The number of furan rings is 1. The van der Waals surface area contributed by atoms with Gasteiger partial charge < -0.3 is 18.6 Å². The summed E-state index contributed by atoms with van der Waals surface area (Å²) >= 11 is 0. The van der Waals surface area contributed by atoms with E-state index in [2.05, 4.69) is 0 Å². The van der Waals surface area contributed by atoms with Gasteiger partial charge in [-0.3, -0.25) is 14.5 Å². The molecule has 0 saturated heterocycles. The molecule has 0 bridgehead atoms. The Morgan fingerprint density at radius 2 is 1.63 bits per heavy atom. The number of benzene rings is 2. The molecule has 0 atom stereocenters. The number of aldehydes is 1. The molecule has 0 radical (unpaired) electrons. The van der Waals surface area contributed by atoms with Crippen LogP contribution in [0.5, 0.6) is 17.2 Å². The highest BCUT2D eigenvalue weighted by Crippen LogP contribution is 2.49. The molecule has 0 fully saturated rings. The summed E-state index contributed by atoms with van der Waals surface area (Å²) in [7, 11) is 7.43. The molecule has 1 aromatic heterocycles. The molecule has 30 heavy (non-hydrogen) atoms. The molecule has 0 aliphatic heterocycles. The lowest BCUT2D eigenvalue weighted by Crippen LogP contribution is -2.20. The quantitative estimate of drug-likeness (QED) is 0.378. The number of nitrogens with zero attached hydrogens (tertiary/aromatic N) is 1. The van der Waals surface area contributed by atoms with Crippen LogP contribution in [0.4, 0.5) is 5.69 Å². The van der Waals surface area contributed by atoms with Gasteiger partial charge in [-0.15, -0.1) is 5.23 Å². The van der Waals surface area contributed by atoms with Crippen molar-refractivity contribution in [1.82, 2.24) is 0 Å². The van der Waals surface area contributed by atoms with Crippen molar-refractivity contribution in [3.8, 4) is 39.7 Å². The van der Waals surface area contributed by atoms with Crippen molar-refractivity contribution in [3.63, 3.8) is 0 Å². The molecule has 0 unspecified atom stereocenters. The minimum atomic E-state index is 0.337. The maximum atomic E-state index is 12.0. The molecule has 3 aromatic rings. The zero-order valence-corrected chi connectivity index (χ0v) is 17.4. The SMILES string of the molecule is COc1cc(C=O)c(-c2cc(-c3ccco3)ccc2N(OC)OC)c(OC)c1OC. The zero-order chi connectivity index (χ0) is 21.7. The van der Waals surface area contributed by atoms with E-state index in [1.54, 1.807) is 24.5 Å². The lowest BCUT2D eigenvalue weighted by molar-refractivity contribution is -0.0430. The number of ether oxygens (including phenoxy) is 3. The van der Waals surface area contributed by atoms with E-state index >= 15 is 0 Å². The maximum Gasteiger partial charge on any atom is 0.203 e. The first kappa shape index (κ1) is 21.2. The summed E-state index contributed by atoms with van der Waals surface area (Å²) in [4.78, 5) is 22.7. The van der Waals surface area contributed by atoms with Gasteiger partial charge in [-0.25, -0.2) is 0 Å². The summed E-state index contributed by atoms with van der Waals surface area (Å²) in [5.74, 6) is 1.73. The number of hydrogen-bond acceptors (Lipinski definition) is 8. The Bertz CT molecular complexity index is 1010. The minimum absolute atomic E-state index is 0.337. The van der Waals surface area contributed by atoms with Gasteiger partial charge in [0.2, 0.25) is 5.75 Å². The van der Waals surface area contributed by atoms with Gasteiger partial charge >= 0.3 is 0 Å². The van der Waals surface area contributed by atoms with Crippen molar-refractivity contribution >= 4 is 12.0 Å². The summed E-state index contributed by atoms with van der Waals surface area (Å²) in [6, 6.07) is 10.7. The van der Waals surface area contributed by atoms with Gasteiger partial charge in [-0.1, -0.05) is 0 Å². The van der Waals surface area contributed by atoms with Gasteiger partial charge in [0.1, 0.15) is 11.4 Å². The molecule has 8 nitrogen and oxygen atoms in total. The number of methoxy groups -OCH3 is 3. The van der Waals surface area contributed by atoms with Gasteiger partial charge in [0.05, 0.1) is 41.8 Å². The summed E-state index contributed by atoms with van der Waals surface area (Å²) in [6.45, 7) is 0. The molecule has 0 amide bonds. The summed E-state index contributed by atoms with van der Waals surface area (Å²) < 4.78 is 22.1. The molecule has 158 valence electrons. The Balaban J connectivity index is 2.40. The fraction of sp³-hybridized carbons (Fsp3) is 0.227. The van der Waals surface area contributed by atoms with Crippen LogP contribution in [-0.4, -0.2) is 41.8 Å². The number of carbonyl (C=O) groups is 1. The third kappa shape index (κ3) is 3.70. The van der Waals surface area contributed by atoms with Crippen molar-refractivity contribution in [3.05, 3.63) is 48.2 Å². The van der Waals surface area contributed by atoms with Crippen LogP contribution < -0.4 is 19.4 Å². The number of hydrogen-bond donors (Lipinski definition) is 0. The van der Waals surface area contributed by atoms with Crippen molar-refractivity contribution < 1.29 is 33.1 Å². The van der Waals surface area contributed by atoms with E-state index < -0.39 is 0 Å². The van der Waals surface area contributed by atoms with Crippen LogP contribution >= 0.6 is 0 Å². The second kappa shape index (κ2) is 9.34. The minimum Gasteiger partial charge on any atom is -0.493 e. The molecule has 2 aromatic carbocycles. The maximum absolute atomic E-state index is 12.0. The zero-order valence-electron chi connectivity index (χ0n) is 17.4. The van der Waals surface area contributed by atoms with Gasteiger partial charge in [0.25, 0.3) is 0 Å². The fourth-order valence-electron chi connectivity index (χ4n) is 3.31. The molecule has 0 N–H and O–H groups in total. The van der Waals surface area contributed by atoms with Crippen LogP contribution in [0.15, 0.2) is 47.1 Å². The van der Waals surface area contributed by atoms with Gasteiger partial charge in [0, 0.05) is 22.3 Å². The average molecular weight is 413 g/mol. The fourth-order valence-corrected chi connectivity index (χ4v) is 3.31. The topological polar surface area (TPSA) is 79.6 Å². The highest BCUT2D eigenvalue weighted by Gasteiger charge is 2.26.